The topological polar surface area (TPSA) is 72.6 Å². The molecule has 0 bridgehead atoms. The molecule has 0 N–H and O–H groups in total. The summed E-state index contributed by atoms with van der Waals surface area (Å²) in [6.45, 7) is 1.80. The molecule has 0 saturated heterocycles. The second-order valence-electron chi connectivity index (χ2n) is 7.80. The van der Waals surface area contributed by atoms with Crippen LogP contribution in [-0.2, 0) is 16.1 Å². The minimum atomic E-state index is -0.620. The van der Waals surface area contributed by atoms with Crippen LogP contribution >= 0.6 is 0 Å². The summed E-state index contributed by atoms with van der Waals surface area (Å²) in [6.07, 6.45) is -0.620. The number of benzene rings is 4. The van der Waals surface area contributed by atoms with Gasteiger partial charge in [-0.3, -0.25) is 4.79 Å². The van der Waals surface area contributed by atoms with Crippen LogP contribution in [0.25, 0.3) is 32.6 Å². The molecule has 1 aliphatic rings. The van der Waals surface area contributed by atoms with E-state index in [1.54, 1.807) is 4.68 Å². The lowest BCUT2D eigenvalue weighted by Gasteiger charge is -2.19. The molecule has 1 aromatic heterocycles. The minimum Gasteiger partial charge on any atom is -0.448 e. The Morgan fingerprint density at radius 1 is 0.938 bits per heavy atom. The predicted octanol–water partition coefficient (Wildman–Crippen LogP) is 4.30. The number of fused-ring (bicyclic) bond motifs is 3. The molecule has 4 aromatic carbocycles. The van der Waals surface area contributed by atoms with Crippen molar-refractivity contribution in [3.63, 3.8) is 0 Å². The summed E-state index contributed by atoms with van der Waals surface area (Å²) in [5, 5.41) is 18.7. The maximum absolute atomic E-state index is 12.4. The van der Waals surface area contributed by atoms with Gasteiger partial charge in [-0.25, -0.2) is 4.68 Å². The lowest BCUT2D eigenvalue weighted by atomic mass is 9.97. The lowest BCUT2D eigenvalue weighted by Crippen LogP contribution is -2.35. The van der Waals surface area contributed by atoms with E-state index in [2.05, 4.69) is 45.7 Å². The van der Waals surface area contributed by atoms with Gasteiger partial charge in [-0.1, -0.05) is 65.9 Å². The third-order valence-electron chi connectivity index (χ3n) is 5.78. The van der Waals surface area contributed by atoms with Gasteiger partial charge >= 0.3 is 0 Å². The van der Waals surface area contributed by atoms with Crippen LogP contribution in [0, 0.1) is 0 Å². The minimum absolute atomic E-state index is 0.195. The Hall–Kier alpha value is -4.26. The Labute approximate surface area is 183 Å². The molecule has 32 heavy (non-hydrogen) atoms. The molecule has 0 fully saturated rings. The maximum atomic E-state index is 12.4. The van der Waals surface area contributed by atoms with Crippen LogP contribution < -0.4 is 0 Å². The van der Waals surface area contributed by atoms with Gasteiger partial charge in [0.25, 0.3) is 0 Å². The van der Waals surface area contributed by atoms with E-state index in [0.29, 0.717) is 12.4 Å². The Kier molecular flexibility index (Phi) is 4.14. The summed E-state index contributed by atoms with van der Waals surface area (Å²) in [7, 11) is 0. The number of aromatic nitrogens is 3. The SMILES string of the molecule is CC(=O)N1N=C(c2c3ccccc3cc3ccccc23)O[C@H]1Cn1nnc2ccccc21. The fourth-order valence-corrected chi connectivity index (χ4v) is 4.31. The zero-order valence-electron chi connectivity index (χ0n) is 17.3. The van der Waals surface area contributed by atoms with E-state index in [4.69, 9.17) is 4.74 Å². The molecule has 0 spiro atoms. The van der Waals surface area contributed by atoms with Crippen LogP contribution in [-0.4, -0.2) is 38.0 Å². The highest BCUT2D eigenvalue weighted by Gasteiger charge is 2.34. The van der Waals surface area contributed by atoms with Crippen LogP contribution in [0.5, 0.6) is 0 Å². The highest BCUT2D eigenvalue weighted by atomic mass is 16.5. The molecule has 7 heteroatoms. The quantitative estimate of drug-likeness (QED) is 0.407. The summed E-state index contributed by atoms with van der Waals surface area (Å²) in [5.41, 5.74) is 2.56. The van der Waals surface area contributed by atoms with E-state index >= 15 is 0 Å². The van der Waals surface area contributed by atoms with Crippen molar-refractivity contribution >= 4 is 44.4 Å². The van der Waals surface area contributed by atoms with Crippen molar-refractivity contribution in [2.75, 3.05) is 0 Å². The molecular weight excluding hydrogens is 402 g/mol. The Bertz CT molecular complexity index is 1480. The molecule has 1 atom stereocenters. The van der Waals surface area contributed by atoms with Crippen molar-refractivity contribution in [3.8, 4) is 0 Å². The zero-order valence-corrected chi connectivity index (χ0v) is 17.3. The first-order valence-electron chi connectivity index (χ1n) is 10.4. The summed E-state index contributed by atoms with van der Waals surface area (Å²) < 4.78 is 8.07. The molecule has 0 unspecified atom stereocenters. The molecule has 0 saturated carbocycles. The molecule has 1 aliphatic heterocycles. The third kappa shape index (κ3) is 2.90. The van der Waals surface area contributed by atoms with E-state index in [-0.39, 0.29) is 5.91 Å². The number of hydrogen-bond donors (Lipinski definition) is 0. The van der Waals surface area contributed by atoms with E-state index in [0.717, 1.165) is 38.1 Å². The molecule has 0 radical (unpaired) electrons. The second-order valence-corrected chi connectivity index (χ2v) is 7.80. The maximum Gasteiger partial charge on any atom is 0.243 e. The van der Waals surface area contributed by atoms with E-state index < -0.39 is 6.23 Å². The van der Waals surface area contributed by atoms with Crippen molar-refractivity contribution < 1.29 is 9.53 Å². The fourth-order valence-electron chi connectivity index (χ4n) is 4.31. The molecule has 0 aliphatic carbocycles. The van der Waals surface area contributed by atoms with Gasteiger partial charge < -0.3 is 4.74 Å². The van der Waals surface area contributed by atoms with Gasteiger partial charge in [0.1, 0.15) is 12.1 Å². The summed E-state index contributed by atoms with van der Waals surface area (Å²) in [5.74, 6) is 0.238. The molecule has 1 amide bonds. The summed E-state index contributed by atoms with van der Waals surface area (Å²) in [4.78, 5) is 12.4. The van der Waals surface area contributed by atoms with Crippen LogP contribution in [0.2, 0.25) is 0 Å². The lowest BCUT2D eigenvalue weighted by molar-refractivity contribution is -0.135. The van der Waals surface area contributed by atoms with Crippen LogP contribution in [0.4, 0.5) is 0 Å². The highest BCUT2D eigenvalue weighted by Crippen LogP contribution is 2.32. The number of hydrogen-bond acceptors (Lipinski definition) is 5. The van der Waals surface area contributed by atoms with E-state index in [9.17, 15) is 4.79 Å². The number of nitrogens with zero attached hydrogens (tertiary/aromatic N) is 5. The first kappa shape index (κ1) is 18.5. The average molecular weight is 421 g/mol. The van der Waals surface area contributed by atoms with Gasteiger partial charge in [-0.05, 0) is 39.7 Å². The number of carbonyl (C=O) groups excluding carboxylic acids is 1. The van der Waals surface area contributed by atoms with E-state index in [1.165, 1.54) is 11.9 Å². The standard InChI is InChI=1S/C25H19N5O2/c1-16(31)30-23(15-29-22-13-7-6-12-21(22)26-28-29)32-25(27-30)24-19-10-4-2-8-17(19)14-18-9-3-5-11-20(18)24/h2-14,23H,15H2,1H3/t23-/m0/s1. The first-order chi connectivity index (χ1) is 15.7. The van der Waals surface area contributed by atoms with Crippen molar-refractivity contribution in [3.05, 3.63) is 84.4 Å². The number of amides is 1. The molecule has 156 valence electrons. The zero-order chi connectivity index (χ0) is 21.7. The summed E-state index contributed by atoms with van der Waals surface area (Å²) >= 11 is 0. The van der Waals surface area contributed by atoms with Crippen molar-refractivity contribution in [2.24, 2.45) is 5.10 Å². The number of hydrazone groups is 1. The van der Waals surface area contributed by atoms with Crippen molar-refractivity contribution in [1.29, 1.82) is 0 Å². The third-order valence-corrected chi connectivity index (χ3v) is 5.78. The molecule has 7 nitrogen and oxygen atoms in total. The van der Waals surface area contributed by atoms with Crippen molar-refractivity contribution in [2.45, 2.75) is 19.7 Å². The number of para-hydroxylation sites is 1. The average Bonchev–Trinajstić information content (AvgIpc) is 3.42. The normalized spacial score (nSPS) is 16.0. The molecular formula is C25H19N5O2. The Morgan fingerprint density at radius 3 is 2.31 bits per heavy atom. The fraction of sp³-hybridized carbons (Fsp3) is 0.120. The Morgan fingerprint density at radius 2 is 1.59 bits per heavy atom. The van der Waals surface area contributed by atoms with Crippen molar-refractivity contribution in [1.82, 2.24) is 20.0 Å². The second kappa shape index (κ2) is 7.16. The molecule has 2 heterocycles. The van der Waals surface area contributed by atoms with Crippen LogP contribution in [0.1, 0.15) is 12.5 Å². The number of ether oxygens (including phenoxy) is 1. The Balaban J connectivity index is 1.46. The monoisotopic (exact) mass is 421 g/mol. The van der Waals surface area contributed by atoms with Crippen LogP contribution in [0.3, 0.4) is 0 Å². The van der Waals surface area contributed by atoms with E-state index in [1.807, 2.05) is 48.5 Å². The van der Waals surface area contributed by atoms with Gasteiger partial charge in [-0.2, -0.15) is 5.01 Å². The number of rotatable bonds is 3. The predicted molar refractivity (Wildman–Crippen MR) is 123 cm³/mol. The van der Waals surface area contributed by atoms with Gasteiger partial charge in [0.2, 0.25) is 18.0 Å². The molecule has 5 aromatic rings. The van der Waals surface area contributed by atoms with Crippen LogP contribution in [0.15, 0.2) is 84.0 Å². The largest absolute Gasteiger partial charge is 0.448 e. The highest BCUT2D eigenvalue weighted by molar-refractivity contribution is 6.18. The molecule has 6 rings (SSSR count). The summed E-state index contributed by atoms with van der Waals surface area (Å²) in [6, 6.07) is 26.1. The first-order valence-corrected chi connectivity index (χ1v) is 10.4. The van der Waals surface area contributed by atoms with Gasteiger partial charge in [0.15, 0.2) is 0 Å². The number of carbonyl (C=O) groups is 1. The smallest absolute Gasteiger partial charge is 0.243 e. The van der Waals surface area contributed by atoms with Gasteiger partial charge in [-0.15, -0.1) is 10.2 Å². The van der Waals surface area contributed by atoms with Gasteiger partial charge in [0, 0.05) is 6.92 Å². The van der Waals surface area contributed by atoms with Gasteiger partial charge in [0.05, 0.1) is 11.1 Å².